The van der Waals surface area contributed by atoms with Gasteiger partial charge >= 0.3 is 0 Å². The molecule has 0 aromatic heterocycles. The van der Waals surface area contributed by atoms with Crippen molar-refractivity contribution < 1.29 is 4.74 Å². The molecule has 0 amide bonds. The highest BCUT2D eigenvalue weighted by molar-refractivity contribution is 5.67. The first kappa shape index (κ1) is 17.8. The van der Waals surface area contributed by atoms with Gasteiger partial charge in [-0.1, -0.05) is 48.0 Å². The molecular formula is C24H29N3O. The normalized spacial score (nSPS) is 23.7. The molecule has 0 radical (unpaired) electrons. The molecule has 3 aliphatic rings. The van der Waals surface area contributed by atoms with Crippen LogP contribution in [0.1, 0.15) is 49.4 Å². The number of aryl methyl sites for hydroxylation is 1. The maximum Gasteiger partial charge on any atom is 0.182 e. The van der Waals surface area contributed by atoms with Gasteiger partial charge < -0.3 is 15.1 Å². The van der Waals surface area contributed by atoms with Gasteiger partial charge in [0.05, 0.1) is 11.7 Å². The average molecular weight is 376 g/mol. The summed E-state index contributed by atoms with van der Waals surface area (Å²) in [6, 6.07) is 18.0. The minimum absolute atomic E-state index is 0.201. The lowest BCUT2D eigenvalue weighted by atomic mass is 9.92. The van der Waals surface area contributed by atoms with Gasteiger partial charge in [-0.3, -0.25) is 0 Å². The van der Waals surface area contributed by atoms with Crippen LogP contribution in [0.25, 0.3) is 5.70 Å². The molecule has 1 saturated heterocycles. The third-order valence-electron chi connectivity index (χ3n) is 6.49. The Bertz CT molecular complexity index is 894. The van der Waals surface area contributed by atoms with E-state index in [1.165, 1.54) is 22.4 Å². The summed E-state index contributed by atoms with van der Waals surface area (Å²) in [6.45, 7) is 8.81. The third kappa shape index (κ3) is 2.83. The van der Waals surface area contributed by atoms with Crippen LogP contribution in [0.15, 0.2) is 54.6 Å². The largest absolute Gasteiger partial charge is 0.470 e. The van der Waals surface area contributed by atoms with E-state index in [-0.39, 0.29) is 11.8 Å². The van der Waals surface area contributed by atoms with Gasteiger partial charge in [-0.15, -0.1) is 0 Å². The van der Waals surface area contributed by atoms with Gasteiger partial charge in [-0.2, -0.15) is 5.01 Å². The van der Waals surface area contributed by atoms with Crippen molar-refractivity contribution in [3.05, 3.63) is 71.3 Å². The lowest BCUT2D eigenvalue weighted by Crippen LogP contribution is -2.64. The second kappa shape index (κ2) is 6.64. The molecule has 2 aromatic rings. The SMILES string of the molecule is Cc1ccc(C2=C[C@H]3c4ccccc4OC4(CCN(C(C)C)CC4)N3N2)cc1. The zero-order chi connectivity index (χ0) is 19.3. The van der Waals surface area contributed by atoms with Crippen LogP contribution in [0, 0.1) is 6.92 Å². The highest BCUT2D eigenvalue weighted by atomic mass is 16.5. The molecule has 0 aliphatic carbocycles. The number of nitrogens with zero attached hydrogens (tertiary/aromatic N) is 2. The van der Waals surface area contributed by atoms with Crippen LogP contribution in [0.5, 0.6) is 5.75 Å². The minimum Gasteiger partial charge on any atom is -0.470 e. The molecular weight excluding hydrogens is 346 g/mol. The molecule has 0 bridgehead atoms. The Labute approximate surface area is 167 Å². The topological polar surface area (TPSA) is 27.7 Å². The quantitative estimate of drug-likeness (QED) is 0.837. The first-order valence-corrected chi connectivity index (χ1v) is 10.4. The summed E-state index contributed by atoms with van der Waals surface area (Å²) in [5.74, 6) is 1.03. The van der Waals surface area contributed by atoms with E-state index in [1.807, 2.05) is 0 Å². The molecule has 1 spiro atoms. The molecule has 146 valence electrons. The molecule has 0 unspecified atom stereocenters. The molecule has 4 nitrogen and oxygen atoms in total. The number of fused-ring (bicyclic) bond motifs is 4. The van der Waals surface area contributed by atoms with Gasteiger partial charge in [0.1, 0.15) is 5.75 Å². The molecule has 1 atom stereocenters. The van der Waals surface area contributed by atoms with E-state index in [0.29, 0.717) is 6.04 Å². The van der Waals surface area contributed by atoms with Crippen LogP contribution in [0.4, 0.5) is 0 Å². The van der Waals surface area contributed by atoms with Crippen molar-refractivity contribution in [2.24, 2.45) is 0 Å². The van der Waals surface area contributed by atoms with Crippen molar-refractivity contribution in [1.82, 2.24) is 15.3 Å². The lowest BCUT2D eigenvalue weighted by molar-refractivity contribution is -0.161. The molecule has 5 rings (SSSR count). The van der Waals surface area contributed by atoms with Crippen molar-refractivity contribution in [2.75, 3.05) is 13.1 Å². The number of ether oxygens (including phenoxy) is 1. The molecule has 2 aromatic carbocycles. The van der Waals surface area contributed by atoms with Gasteiger partial charge in [0.15, 0.2) is 5.72 Å². The molecule has 4 heteroatoms. The van der Waals surface area contributed by atoms with Crippen LogP contribution in [0.3, 0.4) is 0 Å². The second-order valence-corrected chi connectivity index (χ2v) is 8.59. The number of rotatable bonds is 2. The van der Waals surface area contributed by atoms with Crippen LogP contribution in [-0.4, -0.2) is 34.8 Å². The Morgan fingerprint density at radius 2 is 1.75 bits per heavy atom. The number of hydrogen-bond acceptors (Lipinski definition) is 4. The van der Waals surface area contributed by atoms with Gasteiger partial charge in [0.2, 0.25) is 0 Å². The summed E-state index contributed by atoms with van der Waals surface area (Å²) in [5.41, 5.74) is 8.36. The number of nitrogens with one attached hydrogen (secondary N) is 1. The van der Waals surface area contributed by atoms with Gasteiger partial charge in [-0.05, 0) is 38.5 Å². The summed E-state index contributed by atoms with van der Waals surface area (Å²) < 4.78 is 6.71. The van der Waals surface area contributed by atoms with E-state index in [9.17, 15) is 0 Å². The van der Waals surface area contributed by atoms with Crippen molar-refractivity contribution in [3.8, 4) is 5.75 Å². The van der Waals surface area contributed by atoms with Crippen LogP contribution in [-0.2, 0) is 0 Å². The number of benzene rings is 2. The summed E-state index contributed by atoms with van der Waals surface area (Å²) in [6.07, 6.45) is 4.36. The van der Waals surface area contributed by atoms with E-state index in [1.54, 1.807) is 0 Å². The molecule has 3 heterocycles. The fourth-order valence-electron chi connectivity index (χ4n) is 4.75. The number of piperidine rings is 1. The standard InChI is InChI=1S/C24H29N3O/c1-17(2)26-14-12-24(13-15-26)27-22(20-6-4-5-7-23(20)28-24)16-21(25-27)19-10-8-18(3)9-11-19/h4-11,16-17,22,25H,12-15H2,1-3H3/t22-/m0/s1. The number of para-hydroxylation sites is 1. The van der Waals surface area contributed by atoms with Crippen LogP contribution < -0.4 is 10.2 Å². The second-order valence-electron chi connectivity index (χ2n) is 8.59. The molecule has 1 fully saturated rings. The van der Waals surface area contributed by atoms with Gasteiger partial charge in [0.25, 0.3) is 0 Å². The van der Waals surface area contributed by atoms with E-state index in [4.69, 9.17) is 4.74 Å². The average Bonchev–Trinajstić information content (AvgIpc) is 3.16. The maximum absolute atomic E-state index is 6.71. The summed E-state index contributed by atoms with van der Waals surface area (Å²) >= 11 is 0. The summed E-state index contributed by atoms with van der Waals surface area (Å²) in [4.78, 5) is 2.55. The Kier molecular flexibility index (Phi) is 4.22. The highest BCUT2D eigenvalue weighted by Crippen LogP contribution is 2.48. The monoisotopic (exact) mass is 375 g/mol. The van der Waals surface area contributed by atoms with E-state index < -0.39 is 0 Å². The van der Waals surface area contributed by atoms with Crippen molar-refractivity contribution in [3.63, 3.8) is 0 Å². The number of hydrazine groups is 1. The van der Waals surface area contributed by atoms with Gasteiger partial charge in [-0.25, -0.2) is 0 Å². The predicted octanol–water partition coefficient (Wildman–Crippen LogP) is 4.49. The Balaban J connectivity index is 1.51. The van der Waals surface area contributed by atoms with E-state index in [0.717, 1.165) is 31.7 Å². The molecule has 1 N–H and O–H groups in total. The van der Waals surface area contributed by atoms with Crippen LogP contribution in [0.2, 0.25) is 0 Å². The van der Waals surface area contributed by atoms with Gasteiger partial charge in [0, 0.05) is 37.5 Å². The number of hydrogen-bond donors (Lipinski definition) is 1. The predicted molar refractivity (Wildman–Crippen MR) is 113 cm³/mol. The highest BCUT2D eigenvalue weighted by Gasteiger charge is 2.51. The summed E-state index contributed by atoms with van der Waals surface area (Å²) in [7, 11) is 0. The van der Waals surface area contributed by atoms with E-state index >= 15 is 0 Å². The fraction of sp³-hybridized carbons (Fsp3) is 0.417. The zero-order valence-corrected chi connectivity index (χ0v) is 17.0. The first-order chi connectivity index (χ1) is 13.6. The fourth-order valence-corrected chi connectivity index (χ4v) is 4.75. The maximum atomic E-state index is 6.71. The number of likely N-dealkylation sites (tertiary alicyclic amines) is 1. The lowest BCUT2D eigenvalue weighted by Gasteiger charge is -2.52. The van der Waals surface area contributed by atoms with Crippen molar-refractivity contribution >= 4 is 5.70 Å². The third-order valence-corrected chi connectivity index (χ3v) is 6.49. The smallest absolute Gasteiger partial charge is 0.182 e. The minimum atomic E-state index is -0.298. The molecule has 3 aliphatic heterocycles. The Morgan fingerprint density at radius 1 is 1.04 bits per heavy atom. The Hall–Kier alpha value is -2.30. The summed E-state index contributed by atoms with van der Waals surface area (Å²) in [5, 5.41) is 2.38. The first-order valence-electron chi connectivity index (χ1n) is 10.4. The van der Waals surface area contributed by atoms with Crippen molar-refractivity contribution in [1.29, 1.82) is 0 Å². The van der Waals surface area contributed by atoms with E-state index in [2.05, 4.69) is 90.7 Å². The Morgan fingerprint density at radius 3 is 2.46 bits per heavy atom. The van der Waals surface area contributed by atoms with Crippen LogP contribution >= 0.6 is 0 Å². The zero-order valence-electron chi connectivity index (χ0n) is 17.0. The van der Waals surface area contributed by atoms with Crippen molar-refractivity contribution in [2.45, 2.75) is 51.4 Å². The molecule has 28 heavy (non-hydrogen) atoms. The molecule has 0 saturated carbocycles.